The fourth-order valence-electron chi connectivity index (χ4n) is 3.27. The Kier molecular flexibility index (Phi) is 5.81. The molecule has 3 aromatic rings. The van der Waals surface area contributed by atoms with Crippen molar-refractivity contribution in [3.05, 3.63) is 63.0 Å². The molecule has 1 aliphatic rings. The summed E-state index contributed by atoms with van der Waals surface area (Å²) >= 11 is 6.20. The Bertz CT molecular complexity index is 1230. The van der Waals surface area contributed by atoms with Crippen molar-refractivity contribution in [2.75, 3.05) is 18.5 Å². The smallest absolute Gasteiger partial charge is 0.336 e. The first-order valence-corrected chi connectivity index (χ1v) is 9.85. The van der Waals surface area contributed by atoms with Crippen molar-refractivity contribution in [1.82, 2.24) is 0 Å². The summed E-state index contributed by atoms with van der Waals surface area (Å²) in [4.78, 5) is 35.5. The zero-order valence-electron chi connectivity index (χ0n) is 16.5. The first-order valence-electron chi connectivity index (χ1n) is 9.47. The number of halogens is 1. The molecular formula is C22H18ClNO7. The third-order valence-electron chi connectivity index (χ3n) is 4.54. The van der Waals surface area contributed by atoms with E-state index in [1.54, 1.807) is 30.3 Å². The minimum atomic E-state index is -0.586. The highest BCUT2D eigenvalue weighted by Crippen LogP contribution is 2.38. The molecule has 1 amide bonds. The molecule has 0 unspecified atom stereocenters. The number of rotatable bonds is 5. The summed E-state index contributed by atoms with van der Waals surface area (Å²) < 4.78 is 21.6. The van der Waals surface area contributed by atoms with Crippen molar-refractivity contribution in [1.29, 1.82) is 0 Å². The molecule has 0 atom stereocenters. The molecule has 1 N–H and O–H groups in total. The van der Waals surface area contributed by atoms with Gasteiger partial charge < -0.3 is 23.9 Å². The number of nitrogens with one attached hydrogen (secondary N) is 1. The minimum Gasteiger partial charge on any atom is -0.486 e. The first kappa shape index (κ1) is 20.7. The summed E-state index contributed by atoms with van der Waals surface area (Å²) in [5.74, 6) is 0.212. The van der Waals surface area contributed by atoms with Crippen molar-refractivity contribution in [2.45, 2.75) is 20.0 Å². The fraction of sp³-hybridized carbons (Fsp3) is 0.227. The largest absolute Gasteiger partial charge is 0.486 e. The predicted molar refractivity (Wildman–Crippen MR) is 113 cm³/mol. The van der Waals surface area contributed by atoms with Crippen LogP contribution in [0.4, 0.5) is 5.69 Å². The van der Waals surface area contributed by atoms with Crippen LogP contribution in [0.5, 0.6) is 11.5 Å². The summed E-state index contributed by atoms with van der Waals surface area (Å²) in [6, 6.07) is 9.50. The molecule has 1 aliphatic heterocycles. The third-order valence-corrected chi connectivity index (χ3v) is 4.83. The molecule has 0 fully saturated rings. The van der Waals surface area contributed by atoms with Gasteiger partial charge in [0.1, 0.15) is 25.4 Å². The number of anilines is 1. The topological polar surface area (TPSA) is 104 Å². The maximum Gasteiger partial charge on any atom is 0.336 e. The van der Waals surface area contributed by atoms with Gasteiger partial charge >= 0.3 is 11.6 Å². The van der Waals surface area contributed by atoms with Crippen LogP contribution in [0.25, 0.3) is 11.0 Å². The van der Waals surface area contributed by atoms with E-state index in [2.05, 4.69) is 5.32 Å². The molecule has 8 nitrogen and oxygen atoms in total. The minimum absolute atomic E-state index is 0.0254. The second-order valence-electron chi connectivity index (χ2n) is 6.92. The lowest BCUT2D eigenvalue weighted by Crippen LogP contribution is -2.16. The van der Waals surface area contributed by atoms with E-state index in [0.29, 0.717) is 51.9 Å². The van der Waals surface area contributed by atoms with Crippen molar-refractivity contribution in [3.63, 3.8) is 0 Å². The monoisotopic (exact) mass is 443 g/mol. The van der Waals surface area contributed by atoms with Gasteiger partial charge in [-0.1, -0.05) is 11.6 Å². The lowest BCUT2D eigenvalue weighted by atomic mass is 10.1. The molecule has 0 saturated carbocycles. The van der Waals surface area contributed by atoms with E-state index in [1.807, 2.05) is 0 Å². The van der Waals surface area contributed by atoms with Crippen molar-refractivity contribution in [2.24, 2.45) is 0 Å². The van der Waals surface area contributed by atoms with E-state index in [9.17, 15) is 14.4 Å². The van der Waals surface area contributed by atoms with Crippen LogP contribution in [0.1, 0.15) is 18.1 Å². The van der Waals surface area contributed by atoms with Crippen LogP contribution in [0, 0.1) is 0 Å². The maximum atomic E-state index is 12.4. The first-order chi connectivity index (χ1) is 14.9. The number of carbonyl (C=O) groups excluding carboxylic acids is 2. The Balaban J connectivity index is 1.48. The van der Waals surface area contributed by atoms with Gasteiger partial charge in [-0.25, -0.2) is 4.79 Å². The molecule has 0 spiro atoms. The summed E-state index contributed by atoms with van der Waals surface area (Å²) in [5, 5.41) is 3.59. The molecule has 0 saturated heterocycles. The van der Waals surface area contributed by atoms with E-state index in [0.717, 1.165) is 0 Å². The Morgan fingerprint density at radius 2 is 1.94 bits per heavy atom. The number of amides is 1. The Morgan fingerprint density at radius 1 is 1.13 bits per heavy atom. The van der Waals surface area contributed by atoms with Crippen molar-refractivity contribution >= 4 is 40.1 Å². The molecule has 0 bridgehead atoms. The van der Waals surface area contributed by atoms with E-state index in [1.165, 1.54) is 13.0 Å². The van der Waals surface area contributed by atoms with Gasteiger partial charge in [0.2, 0.25) is 5.91 Å². The van der Waals surface area contributed by atoms with Gasteiger partial charge in [-0.3, -0.25) is 9.59 Å². The van der Waals surface area contributed by atoms with Gasteiger partial charge in [-0.2, -0.15) is 0 Å². The zero-order chi connectivity index (χ0) is 22.0. The summed E-state index contributed by atoms with van der Waals surface area (Å²) in [7, 11) is 0. The molecule has 160 valence electrons. The van der Waals surface area contributed by atoms with Crippen LogP contribution < -0.4 is 20.4 Å². The lowest BCUT2D eigenvalue weighted by molar-refractivity contribution is -0.144. The van der Waals surface area contributed by atoms with Crippen molar-refractivity contribution < 1.29 is 28.2 Å². The average molecular weight is 444 g/mol. The quantitative estimate of drug-likeness (QED) is 0.475. The highest BCUT2D eigenvalue weighted by Gasteiger charge is 2.18. The SMILES string of the molecule is CC(=O)Nc1ccc2c(COC(=O)Cc3cc(Cl)c4c(c3)OCCO4)cc(=O)oc2c1. The number of fused-ring (bicyclic) bond motifs is 2. The van der Waals surface area contributed by atoms with Gasteiger partial charge in [0.25, 0.3) is 0 Å². The molecular weight excluding hydrogens is 426 g/mol. The molecule has 0 aliphatic carbocycles. The summed E-state index contributed by atoms with van der Waals surface area (Å²) in [6.45, 7) is 2.09. The highest BCUT2D eigenvalue weighted by molar-refractivity contribution is 6.32. The maximum absolute atomic E-state index is 12.4. The van der Waals surface area contributed by atoms with Crippen LogP contribution in [0.15, 0.2) is 45.6 Å². The standard InChI is InChI=1S/C22H18ClNO7/c1-12(25)24-15-2-3-16-14(9-21(27)31-18(16)10-15)11-30-20(26)8-13-6-17(23)22-19(7-13)28-4-5-29-22/h2-3,6-7,9-10H,4-5,8,11H2,1H3,(H,24,25). The molecule has 0 radical (unpaired) electrons. The third kappa shape index (κ3) is 4.80. The molecule has 9 heteroatoms. The fourth-order valence-corrected chi connectivity index (χ4v) is 3.56. The van der Waals surface area contributed by atoms with Crippen LogP contribution in [0.3, 0.4) is 0 Å². The molecule has 2 aromatic carbocycles. The molecule has 2 heterocycles. The van der Waals surface area contributed by atoms with Gasteiger partial charge in [0, 0.05) is 35.7 Å². The lowest BCUT2D eigenvalue weighted by Gasteiger charge is -2.20. The van der Waals surface area contributed by atoms with Crippen LogP contribution >= 0.6 is 11.6 Å². The number of ether oxygens (including phenoxy) is 3. The van der Waals surface area contributed by atoms with Crippen LogP contribution in [0.2, 0.25) is 5.02 Å². The normalized spacial score (nSPS) is 12.5. The number of benzene rings is 2. The number of esters is 1. The van der Waals surface area contributed by atoms with Gasteiger partial charge in [0.15, 0.2) is 11.5 Å². The van der Waals surface area contributed by atoms with Crippen LogP contribution in [-0.4, -0.2) is 25.1 Å². The summed E-state index contributed by atoms with van der Waals surface area (Å²) in [5.41, 5.74) is 1.30. The summed E-state index contributed by atoms with van der Waals surface area (Å²) in [6.07, 6.45) is -0.0254. The van der Waals surface area contributed by atoms with E-state index in [4.69, 9.17) is 30.2 Å². The zero-order valence-corrected chi connectivity index (χ0v) is 17.3. The predicted octanol–water partition coefficient (Wildman–Crippen LogP) is 3.46. The number of hydrogen-bond acceptors (Lipinski definition) is 7. The van der Waals surface area contributed by atoms with Gasteiger partial charge in [0.05, 0.1) is 11.4 Å². The molecule has 31 heavy (non-hydrogen) atoms. The number of carbonyl (C=O) groups is 2. The number of hydrogen-bond donors (Lipinski definition) is 1. The Morgan fingerprint density at radius 3 is 2.74 bits per heavy atom. The van der Waals surface area contributed by atoms with Gasteiger partial charge in [-0.05, 0) is 29.8 Å². The van der Waals surface area contributed by atoms with Crippen molar-refractivity contribution in [3.8, 4) is 11.5 Å². The van der Waals surface area contributed by atoms with E-state index in [-0.39, 0.29) is 24.5 Å². The van der Waals surface area contributed by atoms with E-state index < -0.39 is 11.6 Å². The second kappa shape index (κ2) is 8.69. The Hall–Kier alpha value is -3.52. The van der Waals surface area contributed by atoms with E-state index >= 15 is 0 Å². The molecule has 1 aromatic heterocycles. The average Bonchev–Trinajstić information content (AvgIpc) is 2.71. The van der Waals surface area contributed by atoms with Crippen LogP contribution in [-0.2, 0) is 27.4 Å². The molecule has 4 rings (SSSR count). The Labute approximate surface area is 181 Å². The van der Waals surface area contributed by atoms with Gasteiger partial charge in [-0.15, -0.1) is 0 Å². The highest BCUT2D eigenvalue weighted by atomic mass is 35.5. The second-order valence-corrected chi connectivity index (χ2v) is 7.33.